The smallest absolute Gasteiger partial charge is 0.180 e. The van der Waals surface area contributed by atoms with E-state index < -0.39 is 0 Å². The summed E-state index contributed by atoms with van der Waals surface area (Å²) in [4.78, 5) is 4.32. The van der Waals surface area contributed by atoms with Crippen LogP contribution in [0.1, 0.15) is 11.9 Å². The Labute approximate surface area is 92.5 Å². The molecule has 0 aliphatic carbocycles. The molecule has 1 aliphatic rings. The lowest BCUT2D eigenvalue weighted by Gasteiger charge is -2.26. The Kier molecular flexibility index (Phi) is 2.00. The van der Waals surface area contributed by atoms with Gasteiger partial charge >= 0.3 is 0 Å². The van der Waals surface area contributed by atoms with Gasteiger partial charge in [0.2, 0.25) is 0 Å². The lowest BCUT2D eigenvalue weighted by atomic mass is 10.2. The summed E-state index contributed by atoms with van der Waals surface area (Å²) in [6, 6.07) is 0.426. The second kappa shape index (κ2) is 3.38. The Morgan fingerprint density at radius 3 is 2.81 bits per heavy atom. The van der Waals surface area contributed by atoms with Crippen LogP contribution in [0, 0.1) is 6.92 Å². The Bertz CT molecular complexity index is 508. The zero-order valence-corrected chi connectivity index (χ0v) is 9.25. The SMILES string of the molecule is Cc1nc(-c2cn(C3CNC3)nn2)n(C)n1. The van der Waals surface area contributed by atoms with Gasteiger partial charge in [-0.05, 0) is 6.92 Å². The topological polar surface area (TPSA) is 73.5 Å². The molecule has 1 N–H and O–H groups in total. The van der Waals surface area contributed by atoms with Crippen LogP contribution in [-0.4, -0.2) is 42.8 Å². The van der Waals surface area contributed by atoms with Crippen molar-refractivity contribution in [1.82, 2.24) is 35.1 Å². The molecule has 2 aromatic rings. The lowest BCUT2D eigenvalue weighted by molar-refractivity contribution is 0.313. The van der Waals surface area contributed by atoms with Crippen molar-refractivity contribution in [3.05, 3.63) is 12.0 Å². The van der Waals surface area contributed by atoms with E-state index in [-0.39, 0.29) is 0 Å². The monoisotopic (exact) mass is 219 g/mol. The average Bonchev–Trinajstić information content (AvgIpc) is 2.70. The molecule has 7 nitrogen and oxygen atoms in total. The van der Waals surface area contributed by atoms with Crippen LogP contribution in [0.5, 0.6) is 0 Å². The van der Waals surface area contributed by atoms with Crippen molar-refractivity contribution < 1.29 is 0 Å². The molecule has 0 aromatic carbocycles. The normalized spacial score (nSPS) is 16.4. The fraction of sp³-hybridized carbons (Fsp3) is 0.556. The largest absolute Gasteiger partial charge is 0.312 e. The lowest BCUT2D eigenvalue weighted by Crippen LogP contribution is -2.43. The number of aromatic nitrogens is 6. The summed E-state index contributed by atoms with van der Waals surface area (Å²) >= 11 is 0. The van der Waals surface area contributed by atoms with Crippen LogP contribution in [0.3, 0.4) is 0 Å². The molecule has 1 fully saturated rings. The highest BCUT2D eigenvalue weighted by Gasteiger charge is 2.21. The van der Waals surface area contributed by atoms with Crippen molar-refractivity contribution >= 4 is 0 Å². The van der Waals surface area contributed by atoms with Gasteiger partial charge in [0.05, 0.1) is 12.2 Å². The standard InChI is InChI=1S/C9H13N7/c1-6-11-9(15(2)13-6)8-5-16(14-12-8)7-3-10-4-7/h5,7,10H,3-4H2,1-2H3. The summed E-state index contributed by atoms with van der Waals surface area (Å²) in [6.07, 6.45) is 1.93. The van der Waals surface area contributed by atoms with Gasteiger partial charge in [-0.25, -0.2) is 14.3 Å². The zero-order valence-electron chi connectivity index (χ0n) is 9.25. The first kappa shape index (κ1) is 9.46. The van der Waals surface area contributed by atoms with Crippen LogP contribution in [-0.2, 0) is 7.05 Å². The van der Waals surface area contributed by atoms with Gasteiger partial charge in [0, 0.05) is 20.1 Å². The molecule has 0 bridgehead atoms. The first-order chi connectivity index (χ1) is 7.74. The first-order valence-electron chi connectivity index (χ1n) is 5.24. The average molecular weight is 219 g/mol. The van der Waals surface area contributed by atoms with Crippen LogP contribution in [0.2, 0.25) is 0 Å². The van der Waals surface area contributed by atoms with E-state index in [0.717, 1.165) is 30.4 Å². The molecule has 2 aromatic heterocycles. The molecular formula is C9H13N7. The van der Waals surface area contributed by atoms with Crippen molar-refractivity contribution in [1.29, 1.82) is 0 Å². The van der Waals surface area contributed by atoms with Crippen molar-refractivity contribution in [2.45, 2.75) is 13.0 Å². The molecule has 1 saturated heterocycles. The maximum absolute atomic E-state index is 4.32. The predicted octanol–water partition coefficient (Wildman–Crippen LogP) is -0.474. The van der Waals surface area contributed by atoms with Crippen molar-refractivity contribution in [2.24, 2.45) is 7.05 Å². The van der Waals surface area contributed by atoms with Gasteiger partial charge in [0.25, 0.3) is 0 Å². The Morgan fingerprint density at radius 1 is 1.44 bits per heavy atom. The van der Waals surface area contributed by atoms with Crippen molar-refractivity contribution in [3.63, 3.8) is 0 Å². The molecule has 7 heteroatoms. The minimum Gasteiger partial charge on any atom is -0.312 e. The Morgan fingerprint density at radius 2 is 2.25 bits per heavy atom. The highest BCUT2D eigenvalue weighted by molar-refractivity contribution is 5.46. The molecule has 84 valence electrons. The minimum absolute atomic E-state index is 0.426. The Hall–Kier alpha value is -1.76. The van der Waals surface area contributed by atoms with Crippen molar-refractivity contribution in [3.8, 4) is 11.5 Å². The molecular weight excluding hydrogens is 206 g/mol. The van der Waals surface area contributed by atoms with Gasteiger partial charge < -0.3 is 5.32 Å². The predicted molar refractivity (Wildman–Crippen MR) is 56.7 cm³/mol. The minimum atomic E-state index is 0.426. The molecule has 0 amide bonds. The highest BCUT2D eigenvalue weighted by Crippen LogP contribution is 2.16. The van der Waals surface area contributed by atoms with Crippen LogP contribution in [0.25, 0.3) is 11.5 Å². The molecule has 0 saturated carbocycles. The van der Waals surface area contributed by atoms with Crippen LogP contribution in [0.4, 0.5) is 0 Å². The van der Waals surface area contributed by atoms with Crippen LogP contribution in [0.15, 0.2) is 6.20 Å². The zero-order chi connectivity index (χ0) is 11.1. The molecule has 0 atom stereocenters. The van der Waals surface area contributed by atoms with E-state index in [4.69, 9.17) is 0 Å². The highest BCUT2D eigenvalue weighted by atomic mass is 15.5. The fourth-order valence-corrected chi connectivity index (χ4v) is 1.75. The summed E-state index contributed by atoms with van der Waals surface area (Å²) in [5.41, 5.74) is 0.773. The first-order valence-corrected chi connectivity index (χ1v) is 5.24. The molecule has 3 rings (SSSR count). The van der Waals surface area contributed by atoms with E-state index in [1.165, 1.54) is 0 Å². The molecule has 1 aliphatic heterocycles. The number of hydrogen-bond acceptors (Lipinski definition) is 5. The van der Waals surface area contributed by atoms with Gasteiger partial charge in [-0.15, -0.1) is 5.10 Å². The summed E-state index contributed by atoms with van der Waals surface area (Å²) in [7, 11) is 1.86. The molecule has 0 spiro atoms. The molecule has 16 heavy (non-hydrogen) atoms. The van der Waals surface area contributed by atoms with Gasteiger partial charge in [-0.3, -0.25) is 0 Å². The summed E-state index contributed by atoms with van der Waals surface area (Å²) in [6.45, 7) is 3.78. The number of nitrogens with one attached hydrogen (secondary N) is 1. The van der Waals surface area contributed by atoms with E-state index in [0.29, 0.717) is 6.04 Å². The van der Waals surface area contributed by atoms with E-state index in [1.807, 2.05) is 24.9 Å². The number of rotatable bonds is 2. The van der Waals surface area contributed by atoms with Crippen molar-refractivity contribution in [2.75, 3.05) is 13.1 Å². The summed E-state index contributed by atoms with van der Waals surface area (Å²) in [5, 5.41) is 15.6. The number of aryl methyl sites for hydroxylation is 2. The number of hydrogen-bond donors (Lipinski definition) is 1. The van der Waals surface area contributed by atoms with Gasteiger partial charge in [0.1, 0.15) is 11.5 Å². The third-order valence-corrected chi connectivity index (χ3v) is 2.74. The third-order valence-electron chi connectivity index (χ3n) is 2.74. The van der Waals surface area contributed by atoms with Crippen LogP contribution >= 0.6 is 0 Å². The van der Waals surface area contributed by atoms with Gasteiger partial charge in [0.15, 0.2) is 5.82 Å². The van der Waals surface area contributed by atoms with E-state index in [2.05, 4.69) is 25.7 Å². The van der Waals surface area contributed by atoms with E-state index in [1.54, 1.807) is 4.68 Å². The fourth-order valence-electron chi connectivity index (χ4n) is 1.75. The Balaban J connectivity index is 1.94. The van der Waals surface area contributed by atoms with Gasteiger partial charge in [-0.2, -0.15) is 5.10 Å². The maximum atomic E-state index is 4.32. The van der Waals surface area contributed by atoms with E-state index >= 15 is 0 Å². The van der Waals surface area contributed by atoms with Crippen LogP contribution < -0.4 is 5.32 Å². The molecule has 0 unspecified atom stereocenters. The number of nitrogens with zero attached hydrogens (tertiary/aromatic N) is 6. The second-order valence-corrected chi connectivity index (χ2v) is 4.00. The third kappa shape index (κ3) is 1.40. The summed E-state index contributed by atoms with van der Waals surface area (Å²) in [5.74, 6) is 1.51. The van der Waals surface area contributed by atoms with E-state index in [9.17, 15) is 0 Å². The van der Waals surface area contributed by atoms with Gasteiger partial charge in [-0.1, -0.05) is 5.21 Å². The summed E-state index contributed by atoms with van der Waals surface area (Å²) < 4.78 is 3.61. The quantitative estimate of drug-likeness (QED) is 0.739. The maximum Gasteiger partial charge on any atom is 0.180 e. The second-order valence-electron chi connectivity index (χ2n) is 4.00. The molecule has 3 heterocycles. The molecule has 0 radical (unpaired) electrons.